The second-order valence-electron chi connectivity index (χ2n) is 3.24. The molecule has 1 saturated heterocycles. The zero-order chi connectivity index (χ0) is 9.97. The summed E-state index contributed by atoms with van der Waals surface area (Å²) < 4.78 is 5.59. The van der Waals surface area contributed by atoms with Crippen molar-refractivity contribution in [3.8, 4) is 0 Å². The molecule has 1 aromatic carbocycles. The Labute approximate surface area is 93.2 Å². The van der Waals surface area contributed by atoms with Gasteiger partial charge in [0.2, 0.25) is 0 Å². The lowest BCUT2D eigenvalue weighted by atomic mass is 10.1. The summed E-state index contributed by atoms with van der Waals surface area (Å²) in [6.45, 7) is 2.49. The molecule has 4 heteroatoms. The minimum atomic E-state index is 0.0958. The van der Waals surface area contributed by atoms with Gasteiger partial charge in [0, 0.05) is 13.1 Å². The molecule has 1 atom stereocenters. The van der Waals surface area contributed by atoms with Crippen molar-refractivity contribution >= 4 is 23.2 Å². The van der Waals surface area contributed by atoms with Crippen LogP contribution in [0.3, 0.4) is 0 Å². The molecule has 0 bridgehead atoms. The van der Waals surface area contributed by atoms with Gasteiger partial charge in [-0.2, -0.15) is 0 Å². The van der Waals surface area contributed by atoms with E-state index >= 15 is 0 Å². The van der Waals surface area contributed by atoms with E-state index in [4.69, 9.17) is 27.9 Å². The van der Waals surface area contributed by atoms with Crippen LogP contribution in [0.4, 0.5) is 0 Å². The molecule has 1 aromatic rings. The quantitative estimate of drug-likeness (QED) is 0.803. The van der Waals surface area contributed by atoms with Gasteiger partial charge >= 0.3 is 0 Å². The Morgan fingerprint density at radius 3 is 2.79 bits per heavy atom. The molecule has 1 heterocycles. The molecule has 14 heavy (non-hydrogen) atoms. The largest absolute Gasteiger partial charge is 0.371 e. The van der Waals surface area contributed by atoms with E-state index in [0.29, 0.717) is 10.0 Å². The standard InChI is InChI=1S/C10H11Cl2NO/c11-8-2-1-7(5-9(8)12)10-6-13-3-4-14-10/h1-2,5,10,13H,3-4,6H2/t10-/m1/s1. The number of ether oxygens (including phenoxy) is 1. The number of rotatable bonds is 1. The first-order valence-electron chi connectivity index (χ1n) is 4.54. The van der Waals surface area contributed by atoms with Crippen molar-refractivity contribution in [2.75, 3.05) is 19.7 Å². The van der Waals surface area contributed by atoms with Crippen molar-refractivity contribution < 1.29 is 4.74 Å². The molecule has 0 spiro atoms. The Morgan fingerprint density at radius 2 is 2.14 bits per heavy atom. The van der Waals surface area contributed by atoms with Crippen LogP contribution in [0.5, 0.6) is 0 Å². The first-order chi connectivity index (χ1) is 6.77. The molecule has 0 aliphatic carbocycles. The number of halogens is 2. The zero-order valence-electron chi connectivity index (χ0n) is 7.59. The molecule has 0 amide bonds. The van der Waals surface area contributed by atoms with Gasteiger partial charge in [-0.05, 0) is 17.7 Å². The Morgan fingerprint density at radius 1 is 1.29 bits per heavy atom. The van der Waals surface area contributed by atoms with Crippen molar-refractivity contribution in [2.45, 2.75) is 6.10 Å². The van der Waals surface area contributed by atoms with Crippen molar-refractivity contribution in [3.63, 3.8) is 0 Å². The molecule has 76 valence electrons. The van der Waals surface area contributed by atoms with Crippen LogP contribution in [0.1, 0.15) is 11.7 Å². The van der Waals surface area contributed by atoms with Gasteiger partial charge in [0.05, 0.1) is 22.8 Å². The zero-order valence-corrected chi connectivity index (χ0v) is 9.11. The second kappa shape index (κ2) is 4.49. The second-order valence-corrected chi connectivity index (χ2v) is 4.05. The van der Waals surface area contributed by atoms with E-state index < -0.39 is 0 Å². The summed E-state index contributed by atoms with van der Waals surface area (Å²) in [6.07, 6.45) is 0.0958. The summed E-state index contributed by atoms with van der Waals surface area (Å²) in [5.41, 5.74) is 1.08. The van der Waals surface area contributed by atoms with Crippen LogP contribution in [0.2, 0.25) is 10.0 Å². The third kappa shape index (κ3) is 2.20. The summed E-state index contributed by atoms with van der Waals surface area (Å²) in [4.78, 5) is 0. The van der Waals surface area contributed by atoms with E-state index in [1.54, 1.807) is 6.07 Å². The van der Waals surface area contributed by atoms with Crippen molar-refractivity contribution in [3.05, 3.63) is 33.8 Å². The lowest BCUT2D eigenvalue weighted by Gasteiger charge is -2.24. The normalized spacial score (nSPS) is 22.3. The van der Waals surface area contributed by atoms with Gasteiger partial charge in [0.15, 0.2) is 0 Å². The third-order valence-electron chi connectivity index (χ3n) is 2.24. The number of hydrogen-bond donors (Lipinski definition) is 1. The van der Waals surface area contributed by atoms with Gasteiger partial charge < -0.3 is 10.1 Å². The summed E-state index contributed by atoms with van der Waals surface area (Å²) in [5.74, 6) is 0. The molecule has 2 nitrogen and oxygen atoms in total. The lowest BCUT2D eigenvalue weighted by Crippen LogP contribution is -2.33. The molecular weight excluding hydrogens is 221 g/mol. The van der Waals surface area contributed by atoms with Crippen LogP contribution in [-0.2, 0) is 4.74 Å². The van der Waals surface area contributed by atoms with Gasteiger partial charge in [-0.15, -0.1) is 0 Å². The Balaban J connectivity index is 2.18. The van der Waals surface area contributed by atoms with Gasteiger partial charge in [-0.3, -0.25) is 0 Å². The third-order valence-corrected chi connectivity index (χ3v) is 2.98. The highest BCUT2D eigenvalue weighted by atomic mass is 35.5. The minimum Gasteiger partial charge on any atom is -0.371 e. The fourth-order valence-electron chi connectivity index (χ4n) is 1.49. The molecule has 1 fully saturated rings. The number of hydrogen-bond acceptors (Lipinski definition) is 2. The van der Waals surface area contributed by atoms with Crippen LogP contribution in [0.25, 0.3) is 0 Å². The Bertz CT molecular complexity index is 324. The van der Waals surface area contributed by atoms with Crippen molar-refractivity contribution in [2.24, 2.45) is 0 Å². The molecule has 1 aliphatic heterocycles. The molecule has 0 saturated carbocycles. The predicted octanol–water partition coefficient (Wildman–Crippen LogP) is 2.65. The molecule has 0 radical (unpaired) electrons. The van der Waals surface area contributed by atoms with E-state index in [0.717, 1.165) is 25.3 Å². The van der Waals surface area contributed by atoms with E-state index in [9.17, 15) is 0 Å². The van der Waals surface area contributed by atoms with E-state index in [2.05, 4.69) is 5.32 Å². The topological polar surface area (TPSA) is 21.3 Å². The van der Waals surface area contributed by atoms with Crippen molar-refractivity contribution in [1.82, 2.24) is 5.32 Å². The molecular formula is C10H11Cl2NO. The number of morpholine rings is 1. The van der Waals surface area contributed by atoms with Crippen LogP contribution in [0, 0.1) is 0 Å². The minimum absolute atomic E-state index is 0.0958. The average molecular weight is 232 g/mol. The maximum Gasteiger partial charge on any atom is 0.0950 e. The maximum atomic E-state index is 5.93. The maximum absolute atomic E-state index is 5.93. The molecule has 1 aliphatic rings. The monoisotopic (exact) mass is 231 g/mol. The molecule has 0 unspecified atom stereocenters. The molecule has 1 N–H and O–H groups in total. The van der Waals surface area contributed by atoms with E-state index in [1.807, 2.05) is 12.1 Å². The van der Waals surface area contributed by atoms with Gasteiger partial charge in [-0.25, -0.2) is 0 Å². The highest BCUT2D eigenvalue weighted by Crippen LogP contribution is 2.27. The fraction of sp³-hybridized carbons (Fsp3) is 0.400. The average Bonchev–Trinajstić information content (AvgIpc) is 2.23. The lowest BCUT2D eigenvalue weighted by molar-refractivity contribution is 0.0277. The SMILES string of the molecule is Clc1ccc([C@H]2CNCCO2)cc1Cl. The van der Waals surface area contributed by atoms with Crippen molar-refractivity contribution in [1.29, 1.82) is 0 Å². The van der Waals surface area contributed by atoms with Crippen LogP contribution in [-0.4, -0.2) is 19.7 Å². The Hall–Kier alpha value is -0.280. The van der Waals surface area contributed by atoms with Gasteiger partial charge in [-0.1, -0.05) is 29.3 Å². The van der Waals surface area contributed by atoms with Crippen LogP contribution < -0.4 is 5.32 Å². The highest BCUT2D eigenvalue weighted by molar-refractivity contribution is 6.42. The highest BCUT2D eigenvalue weighted by Gasteiger charge is 2.16. The van der Waals surface area contributed by atoms with Crippen LogP contribution >= 0.6 is 23.2 Å². The van der Waals surface area contributed by atoms with Gasteiger partial charge in [0.1, 0.15) is 0 Å². The smallest absolute Gasteiger partial charge is 0.0950 e. The summed E-state index contributed by atoms with van der Waals surface area (Å²) >= 11 is 11.8. The van der Waals surface area contributed by atoms with Crippen LogP contribution in [0.15, 0.2) is 18.2 Å². The molecule has 2 rings (SSSR count). The first kappa shape index (κ1) is 10.2. The van der Waals surface area contributed by atoms with E-state index in [1.165, 1.54) is 0 Å². The predicted molar refractivity (Wildman–Crippen MR) is 58.0 cm³/mol. The first-order valence-corrected chi connectivity index (χ1v) is 5.30. The summed E-state index contributed by atoms with van der Waals surface area (Å²) in [6, 6.07) is 5.62. The number of benzene rings is 1. The number of nitrogens with one attached hydrogen (secondary N) is 1. The summed E-state index contributed by atoms with van der Waals surface area (Å²) in [7, 11) is 0. The summed E-state index contributed by atoms with van der Waals surface area (Å²) in [5, 5.41) is 4.43. The Kier molecular flexibility index (Phi) is 3.29. The van der Waals surface area contributed by atoms with E-state index in [-0.39, 0.29) is 6.10 Å². The molecule has 0 aromatic heterocycles. The van der Waals surface area contributed by atoms with Gasteiger partial charge in [0.25, 0.3) is 0 Å². The fourth-order valence-corrected chi connectivity index (χ4v) is 1.80.